The van der Waals surface area contributed by atoms with E-state index in [9.17, 15) is 19.5 Å². The van der Waals surface area contributed by atoms with E-state index in [1.165, 1.54) is 26.0 Å². The number of carbonyl (C=O) groups excluding carboxylic acids is 7. The first kappa shape index (κ1) is 69.2. The van der Waals surface area contributed by atoms with Gasteiger partial charge in [0, 0.05) is 44.2 Å². The average molecular weight is 1310 g/mol. The SMILES string of the molecule is CC[Si](CC)(CC)O[C@@H](C(=O)O[C@H]1C[C@@]2(O)[C@@H](OC(=O)c3ccccc3)[C@@H]3[C@]4(OC(C)=O)CO[C@@H]4C[C@H](OC(=O)CCNC(c4ccccc4)(c4ccccc4)c4ccc(OC)cc4)[C@@]3(C)C(=O)[C@H](OC(C)=O)C(=C1C)C2(C)C)[C@@H](NC(=O)c1ccccc1)c1ccccc1. The van der Waals surface area contributed by atoms with E-state index < -0.39 is 132 Å². The van der Waals surface area contributed by atoms with Gasteiger partial charge < -0.3 is 48.0 Å². The van der Waals surface area contributed by atoms with Crippen molar-refractivity contribution in [2.75, 3.05) is 20.3 Å². The van der Waals surface area contributed by atoms with Crippen molar-refractivity contribution in [3.63, 3.8) is 0 Å². The van der Waals surface area contributed by atoms with Gasteiger partial charge in [-0.15, -0.1) is 0 Å². The molecule has 1 saturated heterocycles. The van der Waals surface area contributed by atoms with Gasteiger partial charge in [0.25, 0.3) is 5.91 Å². The molecule has 3 aliphatic carbocycles. The molecule has 0 spiro atoms. The third-order valence-electron chi connectivity index (χ3n) is 20.7. The van der Waals surface area contributed by atoms with E-state index in [4.69, 9.17) is 37.6 Å². The van der Waals surface area contributed by atoms with Crippen LogP contribution in [0, 0.1) is 16.7 Å². The zero-order chi connectivity index (χ0) is 68.1. The maximum absolute atomic E-state index is 17.0. The lowest BCUT2D eigenvalue weighted by molar-refractivity contribution is -0.346. The van der Waals surface area contributed by atoms with Crippen LogP contribution in [-0.4, -0.2) is 123 Å². The van der Waals surface area contributed by atoms with Gasteiger partial charge in [0.15, 0.2) is 31.9 Å². The maximum Gasteiger partial charge on any atom is 0.338 e. The fourth-order valence-corrected chi connectivity index (χ4v) is 18.1. The van der Waals surface area contributed by atoms with Crippen LogP contribution in [0.4, 0.5) is 0 Å². The molecule has 10 rings (SSSR count). The Hall–Kier alpha value is -8.59. The summed E-state index contributed by atoms with van der Waals surface area (Å²) < 4.78 is 52.1. The highest BCUT2D eigenvalue weighted by molar-refractivity contribution is 6.73. The number of nitrogens with one attached hydrogen (secondary N) is 2. The van der Waals surface area contributed by atoms with Crippen LogP contribution in [-0.2, 0) is 62.4 Å². The molecule has 0 aromatic heterocycles. The summed E-state index contributed by atoms with van der Waals surface area (Å²) in [5.74, 6) is -6.73. The molecule has 6 aromatic rings. The fourth-order valence-electron chi connectivity index (χ4n) is 15.3. The molecule has 1 aliphatic heterocycles. The highest BCUT2D eigenvalue weighted by Crippen LogP contribution is 2.65. The zero-order valence-corrected chi connectivity index (χ0v) is 56.6. The molecule has 4 aliphatic rings. The summed E-state index contributed by atoms with van der Waals surface area (Å²) in [6.07, 6.45) is -10.6. The number of esters is 5. The van der Waals surface area contributed by atoms with Gasteiger partial charge in [-0.05, 0) is 102 Å². The van der Waals surface area contributed by atoms with Crippen molar-refractivity contribution < 1.29 is 76.3 Å². The lowest BCUT2D eigenvalue weighted by Crippen LogP contribution is -2.82. The summed E-state index contributed by atoms with van der Waals surface area (Å²) in [6, 6.07) is 53.3. The Morgan fingerprint density at radius 1 is 0.684 bits per heavy atom. The second-order valence-electron chi connectivity index (χ2n) is 26.0. The first-order valence-corrected chi connectivity index (χ1v) is 35.2. The molecule has 11 atom stereocenters. The Bertz CT molecular complexity index is 3730. The van der Waals surface area contributed by atoms with Crippen LogP contribution >= 0.6 is 0 Å². The van der Waals surface area contributed by atoms with Crippen LogP contribution in [0.25, 0.3) is 0 Å². The van der Waals surface area contributed by atoms with Gasteiger partial charge >= 0.3 is 29.8 Å². The van der Waals surface area contributed by atoms with Gasteiger partial charge in [-0.3, -0.25) is 29.3 Å². The van der Waals surface area contributed by atoms with E-state index in [0.29, 0.717) is 35.0 Å². The number of amides is 1. The Kier molecular flexibility index (Phi) is 20.7. The molecule has 1 heterocycles. The topological polar surface area (TPSA) is 238 Å². The van der Waals surface area contributed by atoms with E-state index in [2.05, 4.69) is 10.6 Å². The second-order valence-corrected chi connectivity index (χ2v) is 30.8. The normalized spacial score (nSPS) is 25.1. The standard InChI is InChI=1S/C76H86N2O16Si/c1-11-95(12-2,13-3)94-65(63(51-29-19-14-20-30-51)78-69(83)52-31-21-15-22-32-52)71(85)90-58-46-75(86)68(92-70(84)53-33-23-16-24-34-53)66-73(9,67(82)64(89-49(5)79)62(48(58)4)72(75,7)8)59(45-60-74(66,47-88-60)93-50(6)80)91-61(81)43-44-77-76(54-35-25-17-26-36-54,55-37-27-18-28-38-55)56-39-41-57(87-10)42-40-56/h14-42,58-60,63-66,68,77,86H,11-13,43-47H2,1-10H3,(H,78,83)/t58-,59-,60+,63-,64+,65+,66-,68-,73+,74-,75+/m0/s1. The average Bonchev–Trinajstić information content (AvgIpc) is 0.668. The molecule has 95 heavy (non-hydrogen) atoms. The molecule has 3 N–H and O–H groups in total. The van der Waals surface area contributed by atoms with Gasteiger partial charge in [0.2, 0.25) is 0 Å². The number of ether oxygens (including phenoxy) is 7. The summed E-state index contributed by atoms with van der Waals surface area (Å²) in [5, 5.41) is 21.5. The molecule has 19 heteroatoms. The molecule has 0 unspecified atom stereocenters. The third kappa shape index (κ3) is 13.0. The van der Waals surface area contributed by atoms with Crippen LogP contribution < -0.4 is 15.4 Å². The van der Waals surface area contributed by atoms with E-state index in [0.717, 1.165) is 23.6 Å². The van der Waals surface area contributed by atoms with E-state index in [1.54, 1.807) is 101 Å². The molecule has 3 fully saturated rings. The Morgan fingerprint density at radius 2 is 1.22 bits per heavy atom. The third-order valence-corrected chi connectivity index (χ3v) is 25.3. The lowest BCUT2D eigenvalue weighted by Gasteiger charge is -2.67. The number of benzene rings is 6. The molecule has 18 nitrogen and oxygen atoms in total. The number of carbonyl (C=O) groups is 7. The van der Waals surface area contributed by atoms with Crippen LogP contribution in [0.1, 0.15) is 131 Å². The lowest BCUT2D eigenvalue weighted by atomic mass is 9.44. The quantitative estimate of drug-likeness (QED) is 0.0168. The minimum absolute atomic E-state index is 0.0101. The number of hydrogen-bond donors (Lipinski definition) is 3. The second kappa shape index (κ2) is 28.4. The van der Waals surface area contributed by atoms with Crippen molar-refractivity contribution in [1.29, 1.82) is 0 Å². The van der Waals surface area contributed by atoms with Crippen LogP contribution in [0.2, 0.25) is 18.1 Å². The smallest absolute Gasteiger partial charge is 0.338 e. The van der Waals surface area contributed by atoms with E-state index >= 15 is 19.2 Å². The molecular formula is C76H86N2O16Si. The van der Waals surface area contributed by atoms with Crippen LogP contribution in [0.3, 0.4) is 0 Å². The minimum atomic E-state index is -2.84. The maximum atomic E-state index is 17.0. The zero-order valence-electron chi connectivity index (χ0n) is 55.6. The van der Waals surface area contributed by atoms with E-state index in [-0.39, 0.29) is 42.7 Å². The summed E-state index contributed by atoms with van der Waals surface area (Å²) >= 11 is 0. The number of methoxy groups -OCH3 is 1. The number of hydrogen-bond acceptors (Lipinski definition) is 17. The van der Waals surface area contributed by atoms with Crippen molar-refractivity contribution in [3.05, 3.63) is 220 Å². The highest BCUT2D eigenvalue weighted by atomic mass is 28.4. The van der Waals surface area contributed by atoms with Gasteiger partial charge in [-0.2, -0.15) is 0 Å². The van der Waals surface area contributed by atoms with Gasteiger partial charge in [0.05, 0.1) is 48.6 Å². The van der Waals surface area contributed by atoms with E-state index in [1.807, 2.05) is 112 Å². The predicted molar refractivity (Wildman–Crippen MR) is 356 cm³/mol. The number of ketones is 1. The Balaban J connectivity index is 1.11. The molecule has 6 aromatic carbocycles. The largest absolute Gasteiger partial charge is 0.497 e. The molecule has 2 bridgehead atoms. The number of aliphatic hydroxyl groups is 1. The number of fused-ring (bicyclic) bond motifs is 5. The van der Waals surface area contributed by atoms with Crippen molar-refractivity contribution in [2.24, 2.45) is 16.7 Å². The first-order chi connectivity index (χ1) is 45.5. The van der Waals surface area contributed by atoms with Crippen molar-refractivity contribution >= 4 is 49.9 Å². The monoisotopic (exact) mass is 1310 g/mol. The first-order valence-electron chi connectivity index (χ1n) is 32.7. The predicted octanol–water partition coefficient (Wildman–Crippen LogP) is 11.3. The number of rotatable bonds is 24. The Labute approximate surface area is 556 Å². The van der Waals surface area contributed by atoms with Crippen LogP contribution in [0.5, 0.6) is 5.75 Å². The molecule has 0 radical (unpaired) electrons. The number of Topliss-reactive ketones (excluding diaryl/α,β-unsaturated/α-hetero) is 1. The Morgan fingerprint density at radius 3 is 1.74 bits per heavy atom. The van der Waals surface area contributed by atoms with Crippen molar-refractivity contribution in [3.8, 4) is 5.75 Å². The van der Waals surface area contributed by atoms with Crippen molar-refractivity contribution in [1.82, 2.24) is 10.6 Å². The molecule has 2 saturated carbocycles. The van der Waals surface area contributed by atoms with Gasteiger partial charge in [-0.25, -0.2) is 9.59 Å². The summed E-state index contributed by atoms with van der Waals surface area (Å²) in [6.45, 7) is 14.3. The van der Waals surface area contributed by atoms with Gasteiger partial charge in [0.1, 0.15) is 35.8 Å². The van der Waals surface area contributed by atoms with Crippen molar-refractivity contribution in [2.45, 2.75) is 159 Å². The summed E-state index contributed by atoms with van der Waals surface area (Å²) in [5.41, 5.74) is -5.69. The van der Waals surface area contributed by atoms with Gasteiger partial charge in [-0.1, -0.05) is 174 Å². The highest BCUT2D eigenvalue weighted by Gasteiger charge is 2.79. The molecule has 500 valence electrons. The summed E-state index contributed by atoms with van der Waals surface area (Å²) in [7, 11) is -1.25. The van der Waals surface area contributed by atoms with Crippen LogP contribution in [0.15, 0.2) is 187 Å². The minimum Gasteiger partial charge on any atom is -0.497 e. The summed E-state index contributed by atoms with van der Waals surface area (Å²) in [4.78, 5) is 105. The molecule has 1 amide bonds. The molecular weight excluding hydrogens is 1220 g/mol. The fraction of sp³-hybridized carbons (Fsp3) is 0.408.